The second-order valence-electron chi connectivity index (χ2n) is 5.94. The van der Waals surface area contributed by atoms with Gasteiger partial charge < -0.3 is 21.1 Å². The maximum Gasteiger partial charge on any atom is 0.255 e. The standard InChI is InChI=1S/C19H27N5O2S.HI/c1-3-21-19(23-11-9-16-13-27-14(2)24-16)22-10-8-15-4-6-17(7-5-15)26-12-18(20)25;/h4-7,13H,3,8-12H2,1-2H3,(H2,20,25)(H2,21,22,23);1H. The number of nitrogens with zero attached hydrogens (tertiary/aromatic N) is 2. The first-order chi connectivity index (χ1) is 13.1. The minimum absolute atomic E-state index is 0. The van der Waals surface area contributed by atoms with Gasteiger partial charge in [-0.3, -0.25) is 9.79 Å². The Balaban J connectivity index is 0.00000392. The number of amides is 1. The average molecular weight is 517 g/mol. The Morgan fingerprint density at radius 3 is 2.61 bits per heavy atom. The summed E-state index contributed by atoms with van der Waals surface area (Å²) in [6.07, 6.45) is 1.69. The molecule has 154 valence electrons. The van der Waals surface area contributed by atoms with Gasteiger partial charge >= 0.3 is 0 Å². The average Bonchev–Trinajstić information content (AvgIpc) is 3.06. The first kappa shape index (κ1) is 24.2. The Bertz CT molecular complexity index is 749. The van der Waals surface area contributed by atoms with E-state index in [4.69, 9.17) is 10.5 Å². The van der Waals surface area contributed by atoms with E-state index in [0.29, 0.717) is 12.3 Å². The molecule has 1 amide bonds. The molecule has 28 heavy (non-hydrogen) atoms. The van der Waals surface area contributed by atoms with Crippen LogP contribution in [0.5, 0.6) is 5.75 Å². The lowest BCUT2D eigenvalue weighted by Gasteiger charge is -2.11. The number of rotatable bonds is 10. The summed E-state index contributed by atoms with van der Waals surface area (Å²) in [6.45, 7) is 6.23. The van der Waals surface area contributed by atoms with Crippen LogP contribution >= 0.6 is 35.3 Å². The summed E-state index contributed by atoms with van der Waals surface area (Å²) in [5.74, 6) is 0.965. The Kier molecular flexibility index (Phi) is 11.5. The molecule has 0 saturated carbocycles. The van der Waals surface area contributed by atoms with Crippen LogP contribution in [0.3, 0.4) is 0 Å². The fourth-order valence-corrected chi connectivity index (χ4v) is 3.03. The third kappa shape index (κ3) is 9.36. The summed E-state index contributed by atoms with van der Waals surface area (Å²) in [5.41, 5.74) is 7.33. The van der Waals surface area contributed by atoms with E-state index in [1.165, 1.54) is 5.56 Å². The molecule has 2 rings (SSSR count). The number of primary amides is 1. The van der Waals surface area contributed by atoms with Crippen molar-refractivity contribution in [1.82, 2.24) is 15.6 Å². The van der Waals surface area contributed by atoms with Crippen LogP contribution in [-0.4, -0.2) is 43.1 Å². The van der Waals surface area contributed by atoms with Crippen LogP contribution in [0.25, 0.3) is 0 Å². The number of aromatic nitrogens is 1. The van der Waals surface area contributed by atoms with Gasteiger partial charge in [0.25, 0.3) is 5.91 Å². The molecule has 0 radical (unpaired) electrons. The van der Waals surface area contributed by atoms with Gasteiger partial charge in [-0.15, -0.1) is 35.3 Å². The number of aliphatic imine (C=N–C) groups is 1. The maximum atomic E-state index is 10.7. The molecule has 0 fully saturated rings. The smallest absolute Gasteiger partial charge is 0.255 e. The van der Waals surface area contributed by atoms with E-state index in [2.05, 4.69) is 26.0 Å². The van der Waals surface area contributed by atoms with E-state index in [9.17, 15) is 4.79 Å². The minimum Gasteiger partial charge on any atom is -0.484 e. The molecule has 0 aliphatic carbocycles. The monoisotopic (exact) mass is 517 g/mol. The highest BCUT2D eigenvalue weighted by atomic mass is 127. The van der Waals surface area contributed by atoms with Gasteiger partial charge in [-0.2, -0.15) is 0 Å². The normalized spacial score (nSPS) is 10.9. The lowest BCUT2D eigenvalue weighted by atomic mass is 10.1. The number of carbonyl (C=O) groups excluding carboxylic acids is 1. The number of halogens is 1. The predicted molar refractivity (Wildman–Crippen MR) is 125 cm³/mol. The zero-order valence-corrected chi connectivity index (χ0v) is 19.4. The van der Waals surface area contributed by atoms with Crippen LogP contribution in [0.4, 0.5) is 0 Å². The maximum absolute atomic E-state index is 10.7. The van der Waals surface area contributed by atoms with Crippen molar-refractivity contribution in [3.63, 3.8) is 0 Å². The van der Waals surface area contributed by atoms with Crippen molar-refractivity contribution in [3.05, 3.63) is 45.9 Å². The summed E-state index contributed by atoms with van der Waals surface area (Å²) >= 11 is 1.67. The van der Waals surface area contributed by atoms with Gasteiger partial charge in [-0.25, -0.2) is 4.98 Å². The third-order valence-corrected chi connectivity index (χ3v) is 4.48. The molecular weight excluding hydrogens is 489 g/mol. The van der Waals surface area contributed by atoms with Gasteiger partial charge in [-0.1, -0.05) is 12.1 Å². The van der Waals surface area contributed by atoms with Crippen molar-refractivity contribution in [2.24, 2.45) is 10.7 Å². The fraction of sp³-hybridized carbons (Fsp3) is 0.421. The lowest BCUT2D eigenvalue weighted by molar-refractivity contribution is -0.119. The number of nitrogens with two attached hydrogens (primary N) is 1. The van der Waals surface area contributed by atoms with Crippen molar-refractivity contribution in [3.8, 4) is 5.75 Å². The highest BCUT2D eigenvalue weighted by Gasteiger charge is 2.01. The Hall–Kier alpha value is -1.88. The van der Waals surface area contributed by atoms with Crippen LogP contribution in [0, 0.1) is 6.92 Å². The predicted octanol–water partition coefficient (Wildman–Crippen LogP) is 2.27. The summed E-state index contributed by atoms with van der Waals surface area (Å²) in [7, 11) is 0. The SMILES string of the molecule is CCNC(=NCCc1csc(C)n1)NCCc1ccc(OCC(N)=O)cc1.I. The largest absolute Gasteiger partial charge is 0.484 e. The van der Waals surface area contributed by atoms with E-state index in [-0.39, 0.29) is 30.6 Å². The Labute approximate surface area is 187 Å². The molecule has 9 heteroatoms. The van der Waals surface area contributed by atoms with Crippen LogP contribution in [-0.2, 0) is 17.6 Å². The summed E-state index contributed by atoms with van der Waals surface area (Å²) in [5, 5.41) is 9.77. The highest BCUT2D eigenvalue weighted by Crippen LogP contribution is 2.12. The Morgan fingerprint density at radius 1 is 1.25 bits per heavy atom. The zero-order valence-electron chi connectivity index (χ0n) is 16.2. The topological polar surface area (TPSA) is 102 Å². The lowest BCUT2D eigenvalue weighted by Crippen LogP contribution is -2.38. The minimum atomic E-state index is -0.483. The molecule has 1 aromatic heterocycles. The van der Waals surface area contributed by atoms with Gasteiger partial charge in [0.2, 0.25) is 0 Å². The van der Waals surface area contributed by atoms with Gasteiger partial charge in [0, 0.05) is 31.4 Å². The molecular formula is C19H28IN5O2S. The highest BCUT2D eigenvalue weighted by molar-refractivity contribution is 14.0. The molecule has 4 N–H and O–H groups in total. The number of carbonyl (C=O) groups is 1. The second-order valence-corrected chi connectivity index (χ2v) is 7.01. The van der Waals surface area contributed by atoms with Crippen molar-refractivity contribution in [2.45, 2.75) is 26.7 Å². The summed E-state index contributed by atoms with van der Waals surface area (Å²) in [6, 6.07) is 7.64. The summed E-state index contributed by atoms with van der Waals surface area (Å²) < 4.78 is 5.26. The van der Waals surface area contributed by atoms with Gasteiger partial charge in [0.15, 0.2) is 12.6 Å². The number of benzene rings is 1. The number of hydrogen-bond acceptors (Lipinski definition) is 5. The van der Waals surface area contributed by atoms with Gasteiger partial charge in [0.1, 0.15) is 5.75 Å². The van der Waals surface area contributed by atoms with Gasteiger partial charge in [0.05, 0.1) is 10.7 Å². The number of aryl methyl sites for hydroxylation is 1. The van der Waals surface area contributed by atoms with E-state index < -0.39 is 5.91 Å². The van der Waals surface area contributed by atoms with E-state index in [1.54, 1.807) is 11.3 Å². The molecule has 0 atom stereocenters. The molecule has 0 unspecified atom stereocenters. The molecule has 0 spiro atoms. The van der Waals surface area contributed by atoms with Crippen molar-refractivity contribution in [2.75, 3.05) is 26.2 Å². The zero-order chi connectivity index (χ0) is 19.5. The molecule has 0 bridgehead atoms. The number of thiazole rings is 1. The summed E-state index contributed by atoms with van der Waals surface area (Å²) in [4.78, 5) is 19.8. The first-order valence-electron chi connectivity index (χ1n) is 9.00. The fourth-order valence-electron chi connectivity index (χ4n) is 2.38. The van der Waals surface area contributed by atoms with Crippen LogP contribution in [0.2, 0.25) is 0 Å². The molecule has 0 saturated heterocycles. The van der Waals surface area contributed by atoms with Crippen LogP contribution < -0.4 is 21.1 Å². The van der Waals surface area contributed by atoms with E-state index >= 15 is 0 Å². The third-order valence-electron chi connectivity index (χ3n) is 3.66. The van der Waals surface area contributed by atoms with E-state index in [0.717, 1.165) is 42.6 Å². The van der Waals surface area contributed by atoms with Crippen molar-refractivity contribution < 1.29 is 9.53 Å². The Morgan fingerprint density at radius 2 is 2.00 bits per heavy atom. The second kappa shape index (κ2) is 13.3. The van der Waals surface area contributed by atoms with Crippen molar-refractivity contribution >= 4 is 47.2 Å². The number of ether oxygens (including phenoxy) is 1. The molecule has 2 aromatic rings. The molecule has 0 aliphatic heterocycles. The van der Waals surface area contributed by atoms with E-state index in [1.807, 2.05) is 38.1 Å². The van der Waals surface area contributed by atoms with Crippen LogP contribution in [0.15, 0.2) is 34.6 Å². The van der Waals surface area contributed by atoms with Crippen LogP contribution in [0.1, 0.15) is 23.2 Å². The van der Waals surface area contributed by atoms with Crippen molar-refractivity contribution in [1.29, 1.82) is 0 Å². The first-order valence-corrected chi connectivity index (χ1v) is 9.88. The number of hydrogen-bond donors (Lipinski definition) is 3. The van der Waals surface area contributed by atoms with Gasteiger partial charge in [-0.05, 0) is 38.0 Å². The molecule has 7 nitrogen and oxygen atoms in total. The quantitative estimate of drug-likeness (QED) is 0.255. The molecule has 0 aliphatic rings. The molecule has 1 aromatic carbocycles. The number of nitrogens with one attached hydrogen (secondary N) is 2. The number of guanidine groups is 1. The molecule has 1 heterocycles.